The number of hydrogen-bond donors (Lipinski definition) is 3. The van der Waals surface area contributed by atoms with Gasteiger partial charge in [-0.3, -0.25) is 13.8 Å². The van der Waals surface area contributed by atoms with Crippen LogP contribution < -0.4 is 5.32 Å². The molecule has 0 aliphatic rings. The van der Waals surface area contributed by atoms with E-state index in [0.717, 1.165) is 64.2 Å². The van der Waals surface area contributed by atoms with Crippen molar-refractivity contribution in [3.63, 3.8) is 0 Å². The Labute approximate surface area is 518 Å². The molecule has 0 radical (unpaired) electrons. The molecule has 490 valence electrons. The molecule has 0 bridgehead atoms. The molecule has 83 heavy (non-hydrogen) atoms. The Hall–Kier alpha value is -1.54. The topological polar surface area (TPSA) is 105 Å². The fraction of sp³-hybridized carbons (Fsp3) is 0.878. The molecule has 0 aliphatic heterocycles. The first kappa shape index (κ1) is 81.5. The van der Waals surface area contributed by atoms with Crippen molar-refractivity contribution in [1.82, 2.24) is 5.32 Å². The van der Waals surface area contributed by atoms with Gasteiger partial charge in [0.1, 0.15) is 13.2 Å². The predicted octanol–water partition coefficient (Wildman–Crippen LogP) is 23.4. The van der Waals surface area contributed by atoms with Gasteiger partial charge in [-0.15, -0.1) is 0 Å². The fourth-order valence-corrected chi connectivity index (χ4v) is 12.0. The quantitative estimate of drug-likeness (QED) is 0.0243. The zero-order valence-electron chi connectivity index (χ0n) is 56.2. The number of phosphoric acid groups is 1. The number of aliphatic hydroxyl groups excluding tert-OH is 1. The van der Waals surface area contributed by atoms with Gasteiger partial charge in [0.2, 0.25) is 5.91 Å². The number of amides is 1. The van der Waals surface area contributed by atoms with Crippen LogP contribution in [0.1, 0.15) is 367 Å². The van der Waals surface area contributed by atoms with Gasteiger partial charge in [0.25, 0.3) is 0 Å². The molecule has 0 aromatic heterocycles. The number of aliphatic hydroxyl groups is 1. The number of allylic oxidation sites excluding steroid dienone is 8. The van der Waals surface area contributed by atoms with E-state index in [1.807, 2.05) is 21.1 Å². The van der Waals surface area contributed by atoms with Gasteiger partial charge in [-0.05, 0) is 51.4 Å². The Kier molecular flexibility index (Phi) is 63.7. The van der Waals surface area contributed by atoms with E-state index < -0.39 is 20.0 Å². The lowest BCUT2D eigenvalue weighted by atomic mass is 10.0. The highest BCUT2D eigenvalue weighted by Gasteiger charge is 2.28. The lowest BCUT2D eigenvalue weighted by Crippen LogP contribution is -2.46. The van der Waals surface area contributed by atoms with Crippen LogP contribution in [0.25, 0.3) is 0 Å². The van der Waals surface area contributed by atoms with Crippen molar-refractivity contribution < 1.29 is 32.9 Å². The second-order valence-corrected chi connectivity index (χ2v) is 27.8. The monoisotopic (exact) mass is 1190 g/mol. The summed E-state index contributed by atoms with van der Waals surface area (Å²) in [5.74, 6) is -0.136. The normalized spacial score (nSPS) is 13.9. The summed E-state index contributed by atoms with van der Waals surface area (Å²) in [4.78, 5) is 23.5. The van der Waals surface area contributed by atoms with Crippen molar-refractivity contribution in [2.45, 2.75) is 379 Å². The van der Waals surface area contributed by atoms with Gasteiger partial charge in [-0.25, -0.2) is 4.57 Å². The van der Waals surface area contributed by atoms with E-state index in [1.165, 1.54) is 276 Å². The third kappa shape index (κ3) is 67.8. The number of likely N-dealkylation sites (N-methyl/N-ethyl adjacent to an activating group) is 1. The summed E-state index contributed by atoms with van der Waals surface area (Å²) in [6.45, 7) is 4.83. The molecule has 0 aromatic rings. The van der Waals surface area contributed by atoms with Crippen LogP contribution in [0.3, 0.4) is 0 Å². The summed E-state index contributed by atoms with van der Waals surface area (Å²) in [5.41, 5.74) is 0. The van der Waals surface area contributed by atoms with E-state index in [2.05, 4.69) is 67.8 Å². The van der Waals surface area contributed by atoms with E-state index >= 15 is 0 Å². The summed E-state index contributed by atoms with van der Waals surface area (Å²) in [6, 6.07) is -0.761. The van der Waals surface area contributed by atoms with Crippen LogP contribution in [0, 0.1) is 0 Å². The molecule has 1 amide bonds. The molecule has 3 atom stereocenters. The second-order valence-electron chi connectivity index (χ2n) is 26.3. The molecule has 0 fully saturated rings. The van der Waals surface area contributed by atoms with Gasteiger partial charge in [0.15, 0.2) is 0 Å². The van der Waals surface area contributed by atoms with Crippen LogP contribution >= 0.6 is 7.82 Å². The van der Waals surface area contributed by atoms with Crippen LogP contribution in [-0.2, 0) is 18.4 Å². The van der Waals surface area contributed by atoms with Gasteiger partial charge in [0, 0.05) is 6.42 Å². The zero-order chi connectivity index (χ0) is 60.5. The molecular weight excluding hydrogens is 1040 g/mol. The molecule has 0 aliphatic carbocycles. The second kappa shape index (κ2) is 64.9. The Bertz CT molecular complexity index is 1490. The molecule has 0 spiro atoms. The standard InChI is InChI=1S/C74H143N2O6P/c1-6-8-10-12-14-16-18-20-22-24-26-28-30-32-34-35-36-37-38-39-40-41-42-44-46-48-50-52-54-56-58-60-62-64-66-68-74(78)75-72(71-82-83(79,80)81-70-69-76(3,4)5)73(77)67-65-63-61-59-57-55-53-51-49-47-45-43-33-31-29-27-25-23-21-19-17-15-13-11-9-7-2/h8,10,14,16,20,22,26,28,72-73,77H,6-7,9,11-13,15,17-19,21,23-25,27,29-71H2,1-5H3,(H-,75,78,79,80)/p+1/b10-8-,16-14-,22-20-,28-26-. The first-order valence-electron chi connectivity index (χ1n) is 36.5. The number of nitrogens with one attached hydrogen (secondary N) is 1. The minimum atomic E-state index is -4.33. The number of hydrogen-bond acceptors (Lipinski definition) is 5. The molecule has 3 unspecified atom stereocenters. The number of unbranched alkanes of at least 4 members (excludes halogenated alkanes) is 47. The summed E-state index contributed by atoms with van der Waals surface area (Å²) in [6.07, 6.45) is 88.0. The van der Waals surface area contributed by atoms with Crippen molar-refractivity contribution in [2.24, 2.45) is 0 Å². The summed E-state index contributed by atoms with van der Waals surface area (Å²) in [5, 5.41) is 14.2. The van der Waals surface area contributed by atoms with Gasteiger partial charge in [-0.1, -0.05) is 358 Å². The maximum atomic E-state index is 13.1. The van der Waals surface area contributed by atoms with E-state index in [0.29, 0.717) is 23.9 Å². The third-order valence-electron chi connectivity index (χ3n) is 16.8. The fourth-order valence-electron chi connectivity index (χ4n) is 11.2. The van der Waals surface area contributed by atoms with Crippen molar-refractivity contribution in [2.75, 3.05) is 40.9 Å². The van der Waals surface area contributed by atoms with Crippen LogP contribution in [0.5, 0.6) is 0 Å². The van der Waals surface area contributed by atoms with Crippen molar-refractivity contribution in [3.05, 3.63) is 48.6 Å². The Morgan fingerprint density at radius 1 is 0.422 bits per heavy atom. The molecule has 9 heteroatoms. The number of rotatable bonds is 68. The number of quaternary nitrogens is 1. The molecule has 0 rings (SSSR count). The molecule has 0 heterocycles. The van der Waals surface area contributed by atoms with E-state index in [-0.39, 0.29) is 19.1 Å². The van der Waals surface area contributed by atoms with Crippen molar-refractivity contribution in [1.29, 1.82) is 0 Å². The van der Waals surface area contributed by atoms with Crippen LogP contribution in [-0.4, -0.2) is 73.4 Å². The van der Waals surface area contributed by atoms with Gasteiger partial charge >= 0.3 is 7.82 Å². The van der Waals surface area contributed by atoms with Crippen molar-refractivity contribution in [3.8, 4) is 0 Å². The highest BCUT2D eigenvalue weighted by molar-refractivity contribution is 7.47. The maximum absolute atomic E-state index is 13.1. The molecule has 0 aromatic carbocycles. The van der Waals surface area contributed by atoms with E-state index in [9.17, 15) is 19.4 Å². The smallest absolute Gasteiger partial charge is 0.391 e. The number of carbonyl (C=O) groups excluding carboxylic acids is 1. The molecular formula is C74H144N2O6P+. The minimum Gasteiger partial charge on any atom is -0.391 e. The summed E-state index contributed by atoms with van der Waals surface area (Å²) < 4.78 is 23.9. The maximum Gasteiger partial charge on any atom is 0.472 e. The lowest BCUT2D eigenvalue weighted by Gasteiger charge is -2.26. The van der Waals surface area contributed by atoms with Crippen LogP contribution in [0.4, 0.5) is 0 Å². The first-order chi connectivity index (χ1) is 40.5. The van der Waals surface area contributed by atoms with Crippen LogP contribution in [0.15, 0.2) is 48.6 Å². The van der Waals surface area contributed by atoms with Gasteiger partial charge in [-0.2, -0.15) is 0 Å². The van der Waals surface area contributed by atoms with Gasteiger partial charge < -0.3 is 19.8 Å². The molecule has 3 N–H and O–H groups in total. The Morgan fingerprint density at radius 3 is 1.06 bits per heavy atom. The molecule has 8 nitrogen and oxygen atoms in total. The summed E-state index contributed by atoms with van der Waals surface area (Å²) >= 11 is 0. The number of phosphoric ester groups is 1. The van der Waals surface area contributed by atoms with Gasteiger partial charge in [0.05, 0.1) is 39.9 Å². The molecule has 0 saturated carbocycles. The minimum absolute atomic E-state index is 0.0767. The zero-order valence-corrected chi connectivity index (χ0v) is 57.1. The predicted molar refractivity (Wildman–Crippen MR) is 364 cm³/mol. The Morgan fingerprint density at radius 2 is 0.723 bits per heavy atom. The van der Waals surface area contributed by atoms with Crippen molar-refractivity contribution >= 4 is 13.7 Å². The van der Waals surface area contributed by atoms with E-state index in [1.54, 1.807) is 0 Å². The SMILES string of the molecule is CC/C=C\C/C=C\C/C=C\C/C=C\CCCCCCCCCCCCCCCCCCCCCCCCC(=O)NC(COP(=O)(O)OCC[N+](C)(C)C)C(O)CCCCCCCCCCCCCCCCCCCCCCCCCCCC. The van der Waals surface area contributed by atoms with Crippen LogP contribution in [0.2, 0.25) is 0 Å². The average molecular weight is 1190 g/mol. The number of nitrogens with zero attached hydrogens (tertiary/aromatic N) is 1. The first-order valence-corrected chi connectivity index (χ1v) is 38.0. The lowest BCUT2D eigenvalue weighted by molar-refractivity contribution is -0.870. The number of carbonyl (C=O) groups is 1. The largest absolute Gasteiger partial charge is 0.472 e. The highest BCUT2D eigenvalue weighted by atomic mass is 31.2. The van der Waals surface area contributed by atoms with E-state index in [4.69, 9.17) is 9.05 Å². The summed E-state index contributed by atoms with van der Waals surface area (Å²) in [7, 11) is 1.63. The highest BCUT2D eigenvalue weighted by Crippen LogP contribution is 2.43. The Balaban J connectivity index is 3.96. The average Bonchev–Trinajstić information content (AvgIpc) is 3.49. The third-order valence-corrected chi connectivity index (χ3v) is 17.8. The molecule has 0 saturated heterocycles.